The first kappa shape index (κ1) is 19.7. The highest BCUT2D eigenvalue weighted by molar-refractivity contribution is 5.78. The molecule has 0 spiro atoms. The van der Waals surface area contributed by atoms with Gasteiger partial charge in [0.2, 0.25) is 5.91 Å². The molecule has 0 radical (unpaired) electrons. The summed E-state index contributed by atoms with van der Waals surface area (Å²) in [5.41, 5.74) is -1.26. The molecule has 6 heteroatoms. The van der Waals surface area contributed by atoms with E-state index < -0.39 is 11.2 Å². The van der Waals surface area contributed by atoms with Crippen LogP contribution in [0.2, 0.25) is 0 Å². The van der Waals surface area contributed by atoms with Crippen LogP contribution in [0.15, 0.2) is 0 Å². The van der Waals surface area contributed by atoms with E-state index in [-0.39, 0.29) is 24.1 Å². The third kappa shape index (κ3) is 6.77. The highest BCUT2D eigenvalue weighted by Gasteiger charge is 2.41. The summed E-state index contributed by atoms with van der Waals surface area (Å²) in [5.74, 6) is -0.138. The molecule has 1 fully saturated rings. The average Bonchev–Trinajstić information content (AvgIpc) is 2.78. The summed E-state index contributed by atoms with van der Waals surface area (Å²) in [6, 6.07) is 0. The van der Waals surface area contributed by atoms with Gasteiger partial charge < -0.3 is 19.7 Å². The number of hydrogen-bond acceptors (Lipinski definition) is 4. The maximum Gasteiger partial charge on any atom is 0.410 e. The van der Waals surface area contributed by atoms with E-state index in [2.05, 4.69) is 5.32 Å². The van der Waals surface area contributed by atoms with E-state index in [1.165, 1.54) is 0 Å². The van der Waals surface area contributed by atoms with E-state index in [1.807, 2.05) is 48.5 Å². The number of rotatable bonds is 4. The highest BCUT2D eigenvalue weighted by atomic mass is 16.6. The van der Waals surface area contributed by atoms with Crippen molar-refractivity contribution in [2.45, 2.75) is 78.0 Å². The third-order valence-electron chi connectivity index (χ3n) is 3.64. The Hall–Kier alpha value is -1.30. The fourth-order valence-electron chi connectivity index (χ4n) is 2.51. The van der Waals surface area contributed by atoms with Crippen LogP contribution in [-0.4, -0.2) is 53.3 Å². The number of carbonyl (C=O) groups is 2. The number of hydrogen-bond donors (Lipinski definition) is 1. The lowest BCUT2D eigenvalue weighted by atomic mass is 10.00. The highest BCUT2D eigenvalue weighted by Crippen LogP contribution is 2.29. The second-order valence-electron chi connectivity index (χ2n) is 8.28. The van der Waals surface area contributed by atoms with Gasteiger partial charge in [-0.1, -0.05) is 6.92 Å². The van der Waals surface area contributed by atoms with E-state index in [0.29, 0.717) is 19.5 Å². The Morgan fingerprint density at radius 2 is 1.78 bits per heavy atom. The van der Waals surface area contributed by atoms with Crippen LogP contribution in [0, 0.1) is 0 Å². The monoisotopic (exact) mass is 328 g/mol. The Morgan fingerprint density at radius 1 is 1.17 bits per heavy atom. The van der Waals surface area contributed by atoms with Crippen LogP contribution in [-0.2, 0) is 14.3 Å². The second-order valence-corrected chi connectivity index (χ2v) is 8.28. The van der Waals surface area contributed by atoms with Gasteiger partial charge in [0.25, 0.3) is 0 Å². The maximum absolute atomic E-state index is 12.2. The molecule has 1 atom stereocenters. The van der Waals surface area contributed by atoms with Crippen LogP contribution >= 0.6 is 0 Å². The topological polar surface area (TPSA) is 67.9 Å². The van der Waals surface area contributed by atoms with Crippen molar-refractivity contribution >= 4 is 12.0 Å². The fourth-order valence-corrected chi connectivity index (χ4v) is 2.51. The summed E-state index contributed by atoms with van der Waals surface area (Å²) in [4.78, 5) is 25.8. The lowest BCUT2D eigenvalue weighted by Crippen LogP contribution is -2.45. The molecule has 0 aromatic rings. The Kier molecular flexibility index (Phi) is 6.07. The van der Waals surface area contributed by atoms with E-state index in [4.69, 9.17) is 9.47 Å². The summed E-state index contributed by atoms with van der Waals surface area (Å²) < 4.78 is 11.3. The summed E-state index contributed by atoms with van der Waals surface area (Å²) in [6.07, 6.45) is 1.14. The van der Waals surface area contributed by atoms with Gasteiger partial charge in [-0.2, -0.15) is 0 Å². The summed E-state index contributed by atoms with van der Waals surface area (Å²) in [6.45, 7) is 14.4. The van der Waals surface area contributed by atoms with Crippen LogP contribution in [0.4, 0.5) is 4.79 Å². The Morgan fingerprint density at radius 3 is 2.26 bits per heavy atom. The largest absolute Gasteiger partial charge is 0.444 e. The van der Waals surface area contributed by atoms with Gasteiger partial charge >= 0.3 is 6.09 Å². The molecule has 0 saturated carbocycles. The number of amides is 2. The van der Waals surface area contributed by atoms with Crippen molar-refractivity contribution in [2.75, 3.05) is 19.7 Å². The number of nitrogens with zero attached hydrogens (tertiary/aromatic N) is 1. The van der Waals surface area contributed by atoms with Crippen molar-refractivity contribution in [3.05, 3.63) is 0 Å². The van der Waals surface area contributed by atoms with E-state index in [0.717, 1.165) is 6.42 Å². The second kappa shape index (κ2) is 7.07. The van der Waals surface area contributed by atoms with Crippen LogP contribution < -0.4 is 5.32 Å². The number of likely N-dealkylation sites (tertiary alicyclic amines) is 1. The Balaban J connectivity index is 2.57. The smallest absolute Gasteiger partial charge is 0.410 e. The minimum absolute atomic E-state index is 0.00721. The third-order valence-corrected chi connectivity index (χ3v) is 3.64. The number of carbonyl (C=O) groups excluding carboxylic acids is 2. The van der Waals surface area contributed by atoms with Crippen molar-refractivity contribution in [3.8, 4) is 0 Å². The molecule has 1 aliphatic rings. The molecule has 1 rings (SSSR count). The van der Waals surface area contributed by atoms with Crippen LogP contribution in [0.1, 0.15) is 61.3 Å². The van der Waals surface area contributed by atoms with Crippen LogP contribution in [0.3, 0.4) is 0 Å². The van der Waals surface area contributed by atoms with Gasteiger partial charge in [0, 0.05) is 12.1 Å². The minimum Gasteiger partial charge on any atom is -0.444 e. The van der Waals surface area contributed by atoms with Gasteiger partial charge in [-0.15, -0.1) is 0 Å². The van der Waals surface area contributed by atoms with E-state index in [9.17, 15) is 9.59 Å². The number of nitrogens with one attached hydrogen (secondary N) is 1. The van der Waals surface area contributed by atoms with Gasteiger partial charge in [0.15, 0.2) is 0 Å². The standard InChI is InChI=1S/C17H32N2O4/c1-8-17(22-11-13(20)18-15(2,3)4)9-10-19(12-17)14(21)23-16(5,6)7/h8-12H2,1-7H3,(H,18,20). The quantitative estimate of drug-likeness (QED) is 0.861. The maximum atomic E-state index is 12.2. The summed E-state index contributed by atoms with van der Waals surface area (Å²) in [5, 5.41) is 2.88. The molecule has 134 valence electrons. The molecule has 2 amide bonds. The van der Waals surface area contributed by atoms with Gasteiger partial charge in [0.1, 0.15) is 12.2 Å². The van der Waals surface area contributed by atoms with Crippen molar-refractivity contribution < 1.29 is 19.1 Å². The predicted molar refractivity (Wildman–Crippen MR) is 89.3 cm³/mol. The SMILES string of the molecule is CCC1(OCC(=O)NC(C)(C)C)CCN(C(=O)OC(C)(C)C)C1. The summed E-state index contributed by atoms with van der Waals surface area (Å²) >= 11 is 0. The molecule has 1 N–H and O–H groups in total. The average molecular weight is 328 g/mol. The fraction of sp³-hybridized carbons (Fsp3) is 0.882. The molecule has 1 aliphatic heterocycles. The number of ether oxygens (including phenoxy) is 2. The molecule has 0 bridgehead atoms. The Bertz CT molecular complexity index is 437. The molecule has 23 heavy (non-hydrogen) atoms. The molecule has 1 unspecified atom stereocenters. The molecule has 1 saturated heterocycles. The van der Waals surface area contributed by atoms with Gasteiger partial charge in [-0.05, 0) is 54.4 Å². The first-order valence-corrected chi connectivity index (χ1v) is 8.29. The zero-order valence-electron chi connectivity index (χ0n) is 15.6. The minimum atomic E-state index is -0.512. The molecule has 6 nitrogen and oxygen atoms in total. The summed E-state index contributed by atoms with van der Waals surface area (Å²) in [7, 11) is 0. The predicted octanol–water partition coefficient (Wildman–Crippen LogP) is 2.71. The molecule has 0 aromatic carbocycles. The molecular formula is C17H32N2O4. The first-order chi connectivity index (χ1) is 10.4. The molecular weight excluding hydrogens is 296 g/mol. The van der Waals surface area contributed by atoms with Crippen molar-refractivity contribution in [3.63, 3.8) is 0 Å². The first-order valence-electron chi connectivity index (χ1n) is 8.29. The lowest BCUT2D eigenvalue weighted by Gasteiger charge is -2.30. The van der Waals surface area contributed by atoms with Crippen molar-refractivity contribution in [2.24, 2.45) is 0 Å². The van der Waals surface area contributed by atoms with Crippen LogP contribution in [0.5, 0.6) is 0 Å². The van der Waals surface area contributed by atoms with E-state index in [1.54, 1.807) is 4.90 Å². The van der Waals surface area contributed by atoms with Crippen LogP contribution in [0.25, 0.3) is 0 Å². The van der Waals surface area contributed by atoms with E-state index >= 15 is 0 Å². The molecule has 0 aliphatic carbocycles. The molecule has 0 aromatic heterocycles. The van der Waals surface area contributed by atoms with Crippen molar-refractivity contribution in [1.82, 2.24) is 10.2 Å². The Labute approximate surface area is 139 Å². The normalized spacial score (nSPS) is 22.1. The zero-order valence-corrected chi connectivity index (χ0v) is 15.6. The van der Waals surface area contributed by atoms with Gasteiger partial charge in [-0.3, -0.25) is 4.79 Å². The van der Waals surface area contributed by atoms with Gasteiger partial charge in [0.05, 0.1) is 12.1 Å². The molecule has 1 heterocycles. The van der Waals surface area contributed by atoms with Crippen molar-refractivity contribution in [1.29, 1.82) is 0 Å². The lowest BCUT2D eigenvalue weighted by molar-refractivity contribution is -0.134. The van der Waals surface area contributed by atoms with Gasteiger partial charge in [-0.25, -0.2) is 4.79 Å². The zero-order chi connectivity index (χ0) is 17.9.